The van der Waals surface area contributed by atoms with Crippen LogP contribution in [-0.2, 0) is 11.3 Å². The molecule has 0 fully saturated rings. The van der Waals surface area contributed by atoms with Crippen molar-refractivity contribution in [2.75, 3.05) is 4.72 Å². The standard InChI is InChI=1S/C8H9N3O2S/c1-5-2-3-6-7(4-5)10-8(9-6)11-14(12)13/h2-4H,1H3,(H,12,13)(H2,9,10,11)/p-1. The number of aromatic amines is 1. The molecule has 0 saturated heterocycles. The lowest BCUT2D eigenvalue weighted by Gasteiger charge is -2.02. The van der Waals surface area contributed by atoms with Crippen molar-refractivity contribution in [3.05, 3.63) is 23.8 Å². The molecule has 14 heavy (non-hydrogen) atoms. The van der Waals surface area contributed by atoms with Crippen molar-refractivity contribution >= 4 is 28.2 Å². The van der Waals surface area contributed by atoms with Crippen LogP contribution in [0, 0.1) is 6.92 Å². The number of hydrogen-bond acceptors (Lipinski definition) is 3. The lowest BCUT2D eigenvalue weighted by Crippen LogP contribution is -2.03. The molecule has 0 aliphatic carbocycles. The summed E-state index contributed by atoms with van der Waals surface area (Å²) in [4.78, 5) is 6.89. The number of nitrogens with one attached hydrogen (secondary N) is 2. The molecule has 1 heterocycles. The summed E-state index contributed by atoms with van der Waals surface area (Å²) >= 11 is -2.34. The minimum atomic E-state index is -2.34. The van der Waals surface area contributed by atoms with E-state index in [2.05, 4.69) is 14.7 Å². The number of aromatic nitrogens is 2. The van der Waals surface area contributed by atoms with E-state index >= 15 is 0 Å². The smallest absolute Gasteiger partial charge is 0.212 e. The first kappa shape index (κ1) is 9.17. The molecule has 6 heteroatoms. The number of benzene rings is 1. The molecular formula is C8H8N3O2S-. The van der Waals surface area contributed by atoms with Gasteiger partial charge in [-0.3, -0.25) is 8.93 Å². The number of hydrogen-bond donors (Lipinski definition) is 2. The van der Waals surface area contributed by atoms with Crippen LogP contribution in [0.1, 0.15) is 5.56 Å². The quantitative estimate of drug-likeness (QED) is 0.728. The van der Waals surface area contributed by atoms with Crippen molar-refractivity contribution < 1.29 is 8.76 Å². The number of rotatable bonds is 2. The van der Waals surface area contributed by atoms with Crippen LogP contribution in [0.5, 0.6) is 0 Å². The Morgan fingerprint density at radius 1 is 1.57 bits per heavy atom. The Morgan fingerprint density at radius 2 is 2.36 bits per heavy atom. The molecule has 0 aliphatic rings. The summed E-state index contributed by atoms with van der Waals surface area (Å²) < 4.78 is 22.8. The van der Waals surface area contributed by atoms with Crippen LogP contribution in [0.15, 0.2) is 18.2 Å². The van der Waals surface area contributed by atoms with Gasteiger partial charge < -0.3 is 9.54 Å². The highest BCUT2D eigenvalue weighted by atomic mass is 32.2. The number of anilines is 1. The predicted octanol–water partition coefficient (Wildman–Crippen LogP) is 1.08. The van der Waals surface area contributed by atoms with E-state index in [-0.39, 0.29) is 5.95 Å². The van der Waals surface area contributed by atoms with E-state index < -0.39 is 11.3 Å². The van der Waals surface area contributed by atoms with Gasteiger partial charge in [0.1, 0.15) is 0 Å². The molecule has 0 aliphatic heterocycles. The molecule has 1 aromatic carbocycles. The summed E-state index contributed by atoms with van der Waals surface area (Å²) in [5.74, 6) is 0.235. The lowest BCUT2D eigenvalue weighted by atomic mass is 10.2. The van der Waals surface area contributed by atoms with E-state index in [0.29, 0.717) is 0 Å². The van der Waals surface area contributed by atoms with Crippen molar-refractivity contribution in [3.8, 4) is 0 Å². The van der Waals surface area contributed by atoms with Gasteiger partial charge in [-0.15, -0.1) is 0 Å². The molecule has 5 nitrogen and oxygen atoms in total. The third kappa shape index (κ3) is 1.75. The maximum atomic E-state index is 10.3. The van der Waals surface area contributed by atoms with Gasteiger partial charge in [-0.25, -0.2) is 4.98 Å². The highest BCUT2D eigenvalue weighted by Crippen LogP contribution is 2.15. The van der Waals surface area contributed by atoms with Gasteiger partial charge in [0, 0.05) is 11.3 Å². The van der Waals surface area contributed by atoms with Gasteiger partial charge in [0.25, 0.3) is 0 Å². The number of aryl methyl sites for hydroxylation is 1. The van der Waals surface area contributed by atoms with Crippen LogP contribution in [0.2, 0.25) is 0 Å². The summed E-state index contributed by atoms with van der Waals surface area (Å²) in [6, 6.07) is 5.66. The zero-order chi connectivity index (χ0) is 10.1. The maximum absolute atomic E-state index is 10.3. The minimum absolute atomic E-state index is 0.235. The van der Waals surface area contributed by atoms with Gasteiger partial charge in [-0.05, 0) is 24.6 Å². The summed E-state index contributed by atoms with van der Waals surface area (Å²) in [5.41, 5.74) is 2.65. The second kappa shape index (κ2) is 3.39. The van der Waals surface area contributed by atoms with Crippen molar-refractivity contribution in [2.24, 2.45) is 0 Å². The maximum Gasteiger partial charge on any atom is 0.212 e. The summed E-state index contributed by atoms with van der Waals surface area (Å²) in [5, 5.41) is 0. The van der Waals surface area contributed by atoms with Gasteiger partial charge in [-0.2, -0.15) is 0 Å². The number of fused-ring (bicyclic) bond motifs is 1. The second-order valence-corrected chi connectivity index (χ2v) is 3.62. The highest BCUT2D eigenvalue weighted by molar-refractivity contribution is 7.80. The fourth-order valence-corrected chi connectivity index (χ4v) is 1.51. The van der Waals surface area contributed by atoms with E-state index in [1.807, 2.05) is 25.1 Å². The molecule has 2 N–H and O–H groups in total. The SMILES string of the molecule is Cc1ccc2nc(NS(=O)[O-])[nH]c2c1. The van der Waals surface area contributed by atoms with E-state index in [0.717, 1.165) is 16.6 Å². The Labute approximate surface area is 83.0 Å². The Morgan fingerprint density at radius 3 is 3.07 bits per heavy atom. The molecule has 1 unspecified atom stereocenters. The van der Waals surface area contributed by atoms with Gasteiger partial charge in [-0.1, -0.05) is 6.07 Å². The van der Waals surface area contributed by atoms with E-state index in [1.165, 1.54) is 0 Å². The van der Waals surface area contributed by atoms with Gasteiger partial charge in [0.05, 0.1) is 11.0 Å². The van der Waals surface area contributed by atoms with Crippen LogP contribution in [-0.4, -0.2) is 18.7 Å². The molecule has 0 bridgehead atoms. The van der Waals surface area contributed by atoms with Gasteiger partial charge in [0.15, 0.2) is 0 Å². The summed E-state index contributed by atoms with van der Waals surface area (Å²) in [6.07, 6.45) is 0. The van der Waals surface area contributed by atoms with Gasteiger partial charge >= 0.3 is 0 Å². The lowest BCUT2D eigenvalue weighted by molar-refractivity contribution is 0.542. The molecule has 1 aromatic heterocycles. The fraction of sp³-hybridized carbons (Fsp3) is 0.125. The second-order valence-electron chi connectivity index (χ2n) is 2.94. The molecule has 0 spiro atoms. The minimum Gasteiger partial charge on any atom is -0.755 e. The number of nitrogens with zero attached hydrogens (tertiary/aromatic N) is 1. The van der Waals surface area contributed by atoms with Crippen molar-refractivity contribution in [1.82, 2.24) is 9.97 Å². The molecule has 1 atom stereocenters. The van der Waals surface area contributed by atoms with E-state index in [9.17, 15) is 8.76 Å². The first-order valence-electron chi connectivity index (χ1n) is 3.97. The first-order valence-corrected chi connectivity index (χ1v) is 5.05. The molecule has 0 saturated carbocycles. The monoisotopic (exact) mass is 210 g/mol. The molecule has 2 rings (SSSR count). The fourth-order valence-electron chi connectivity index (χ4n) is 1.25. The number of imidazole rings is 1. The predicted molar refractivity (Wildman–Crippen MR) is 53.4 cm³/mol. The van der Waals surface area contributed by atoms with E-state index in [4.69, 9.17) is 0 Å². The first-order chi connectivity index (χ1) is 6.65. The summed E-state index contributed by atoms with van der Waals surface area (Å²) in [6.45, 7) is 1.96. The van der Waals surface area contributed by atoms with Crippen LogP contribution in [0.3, 0.4) is 0 Å². The van der Waals surface area contributed by atoms with Crippen molar-refractivity contribution in [3.63, 3.8) is 0 Å². The third-order valence-corrected chi connectivity index (χ3v) is 2.18. The topological polar surface area (TPSA) is 80.8 Å². The highest BCUT2D eigenvalue weighted by Gasteiger charge is 2.01. The molecule has 0 amide bonds. The average molecular weight is 210 g/mol. The summed E-state index contributed by atoms with van der Waals surface area (Å²) in [7, 11) is 0. The zero-order valence-corrected chi connectivity index (χ0v) is 8.22. The van der Waals surface area contributed by atoms with Crippen LogP contribution in [0.4, 0.5) is 5.95 Å². The molecular weight excluding hydrogens is 202 g/mol. The van der Waals surface area contributed by atoms with Crippen LogP contribution in [0.25, 0.3) is 11.0 Å². The molecule has 74 valence electrons. The van der Waals surface area contributed by atoms with Crippen molar-refractivity contribution in [1.29, 1.82) is 0 Å². The van der Waals surface area contributed by atoms with Crippen molar-refractivity contribution in [2.45, 2.75) is 6.92 Å². The molecule has 2 aromatic rings. The Kier molecular flexibility index (Phi) is 2.22. The Hall–Kier alpha value is -1.40. The zero-order valence-electron chi connectivity index (χ0n) is 7.40. The Bertz CT molecular complexity index is 494. The largest absolute Gasteiger partial charge is 0.755 e. The van der Waals surface area contributed by atoms with Crippen LogP contribution >= 0.6 is 0 Å². The van der Waals surface area contributed by atoms with E-state index in [1.54, 1.807) is 0 Å². The molecule has 0 radical (unpaired) electrons. The van der Waals surface area contributed by atoms with Crippen LogP contribution < -0.4 is 4.72 Å². The van der Waals surface area contributed by atoms with Gasteiger partial charge in [0.2, 0.25) is 5.95 Å². The Balaban J connectivity index is 2.46. The number of H-pyrrole nitrogens is 1. The average Bonchev–Trinajstić information content (AvgIpc) is 2.44. The third-order valence-electron chi connectivity index (χ3n) is 1.82. The normalized spacial score (nSPS) is 13.0.